The molecule has 0 aromatic heterocycles. The van der Waals surface area contributed by atoms with E-state index < -0.39 is 6.17 Å². The molecule has 17 heavy (non-hydrogen) atoms. The van der Waals surface area contributed by atoms with Crippen LogP contribution in [0.4, 0.5) is 0 Å². The van der Waals surface area contributed by atoms with Gasteiger partial charge in [0.15, 0.2) is 17.6 Å². The summed E-state index contributed by atoms with van der Waals surface area (Å²) >= 11 is 0. The van der Waals surface area contributed by atoms with E-state index in [1.54, 1.807) is 30.5 Å². The summed E-state index contributed by atoms with van der Waals surface area (Å²) in [5.41, 5.74) is -0.932. The molecule has 1 heterocycles. The summed E-state index contributed by atoms with van der Waals surface area (Å²) in [6.07, 6.45) is 0.306. The quantitative estimate of drug-likeness (QED) is 0.407. The van der Waals surface area contributed by atoms with Gasteiger partial charge in [0.2, 0.25) is 6.17 Å². The van der Waals surface area contributed by atoms with Crippen LogP contribution in [0, 0.1) is 56.8 Å². The number of allylic oxidation sites excluding steroid dienone is 2. The molecule has 0 spiro atoms. The van der Waals surface area contributed by atoms with E-state index in [2.05, 4.69) is 4.99 Å². The van der Waals surface area contributed by atoms with Crippen molar-refractivity contribution in [3.05, 3.63) is 11.3 Å². The second kappa shape index (κ2) is 6.29. The average molecular weight is 230 g/mol. The van der Waals surface area contributed by atoms with Crippen LogP contribution < -0.4 is 0 Å². The Morgan fingerprint density at radius 2 is 1.65 bits per heavy atom. The molecule has 0 bridgehead atoms. The summed E-state index contributed by atoms with van der Waals surface area (Å²) < 4.78 is 0. The SMILES string of the molecule is N#CC1=NC(C#N)N(C#N)C(C#N)=C1C#N.[Na]. The number of nitrogens with zero attached hydrogens (tertiary/aromatic N) is 7. The fraction of sp³-hybridized carbons (Fsp3) is 0.111. The van der Waals surface area contributed by atoms with E-state index in [9.17, 15) is 0 Å². The van der Waals surface area contributed by atoms with Crippen LogP contribution in [0.25, 0.3) is 0 Å². The van der Waals surface area contributed by atoms with Crippen molar-refractivity contribution in [2.24, 2.45) is 4.99 Å². The fourth-order valence-electron chi connectivity index (χ4n) is 1.09. The molecule has 1 unspecified atom stereocenters. The molecule has 8 heteroatoms. The van der Waals surface area contributed by atoms with Crippen molar-refractivity contribution in [2.75, 3.05) is 0 Å². The van der Waals surface area contributed by atoms with E-state index in [0.717, 1.165) is 0 Å². The fourth-order valence-corrected chi connectivity index (χ4v) is 1.09. The maximum atomic E-state index is 8.80. The van der Waals surface area contributed by atoms with Gasteiger partial charge in [-0.15, -0.1) is 0 Å². The Labute approximate surface area is 119 Å². The Kier molecular flexibility index (Phi) is 5.42. The van der Waals surface area contributed by atoms with Gasteiger partial charge in [-0.2, -0.15) is 26.3 Å². The molecule has 0 amide bonds. The molecule has 0 aromatic carbocycles. The van der Waals surface area contributed by atoms with Gasteiger partial charge in [-0.3, -0.25) is 0 Å². The van der Waals surface area contributed by atoms with E-state index in [1.165, 1.54) is 0 Å². The topological polar surface area (TPSA) is 135 Å². The molecule has 0 saturated carbocycles. The molecule has 0 aromatic rings. The van der Waals surface area contributed by atoms with Gasteiger partial charge in [-0.1, -0.05) is 0 Å². The minimum absolute atomic E-state index is 0. The van der Waals surface area contributed by atoms with Crippen LogP contribution in [-0.4, -0.2) is 46.3 Å². The molecule has 1 aliphatic rings. The van der Waals surface area contributed by atoms with Crippen molar-refractivity contribution in [3.8, 4) is 30.5 Å². The standard InChI is InChI=1S/C9HN7.Na/c10-1-6-7(2-11)15-9(4-13)16(5-14)8(6)3-12;/h9H;. The third kappa shape index (κ3) is 2.43. The molecule has 7 nitrogen and oxygen atoms in total. The molecule has 0 N–H and O–H groups in total. The van der Waals surface area contributed by atoms with Crippen molar-refractivity contribution < 1.29 is 0 Å². The van der Waals surface area contributed by atoms with Crippen LogP contribution in [0.2, 0.25) is 0 Å². The molecule has 0 aliphatic carbocycles. The third-order valence-electron chi connectivity index (χ3n) is 1.76. The van der Waals surface area contributed by atoms with E-state index in [0.29, 0.717) is 4.90 Å². The second-order valence-corrected chi connectivity index (χ2v) is 2.51. The van der Waals surface area contributed by atoms with E-state index >= 15 is 0 Å². The number of aliphatic imine (C=N–C) groups is 1. The molecule has 73 valence electrons. The van der Waals surface area contributed by atoms with Crippen molar-refractivity contribution in [1.29, 1.82) is 26.3 Å². The maximum absolute atomic E-state index is 8.80. The summed E-state index contributed by atoms with van der Waals surface area (Å²) in [4.78, 5) is 4.28. The van der Waals surface area contributed by atoms with Gasteiger partial charge < -0.3 is 0 Å². The predicted molar refractivity (Wildman–Crippen MR) is 53.9 cm³/mol. The molecular formula is C9HN7Na. The third-order valence-corrected chi connectivity index (χ3v) is 1.76. The molecule has 1 atom stereocenters. The molecule has 1 aliphatic heterocycles. The average Bonchev–Trinajstić information content (AvgIpc) is 2.35. The first kappa shape index (κ1) is 14.7. The smallest absolute Gasteiger partial charge is 0.224 e. The Morgan fingerprint density at radius 3 is 2.00 bits per heavy atom. The molecule has 0 saturated heterocycles. The van der Waals surface area contributed by atoms with Crippen molar-refractivity contribution in [3.63, 3.8) is 0 Å². The number of hydrogen-bond acceptors (Lipinski definition) is 7. The number of rotatable bonds is 0. The summed E-state index contributed by atoms with van der Waals surface area (Å²) in [7, 11) is 0. The Morgan fingerprint density at radius 1 is 1.00 bits per heavy atom. The van der Waals surface area contributed by atoms with Gasteiger partial charge in [0.25, 0.3) is 0 Å². The first-order valence-electron chi connectivity index (χ1n) is 3.84. The predicted octanol–water partition coefficient (Wildman–Crippen LogP) is -0.482. The monoisotopic (exact) mass is 230 g/mol. The number of hydrogen-bond donors (Lipinski definition) is 0. The van der Waals surface area contributed by atoms with Crippen molar-refractivity contribution in [1.82, 2.24) is 4.90 Å². The van der Waals surface area contributed by atoms with Crippen LogP contribution in [-0.2, 0) is 0 Å². The van der Waals surface area contributed by atoms with Crippen LogP contribution in [0.3, 0.4) is 0 Å². The number of nitriles is 5. The van der Waals surface area contributed by atoms with Crippen LogP contribution in [0.15, 0.2) is 16.3 Å². The largest absolute Gasteiger partial charge is 0.232 e. The summed E-state index contributed by atoms with van der Waals surface area (Å²) in [6.45, 7) is 0. The van der Waals surface area contributed by atoms with Crippen LogP contribution >= 0.6 is 0 Å². The summed E-state index contributed by atoms with van der Waals surface area (Å²) in [6, 6.07) is 6.49. The zero-order valence-corrected chi connectivity index (χ0v) is 10.7. The van der Waals surface area contributed by atoms with Gasteiger partial charge in [0.1, 0.15) is 29.8 Å². The Hall–Kier alpha value is -2.34. The van der Waals surface area contributed by atoms with Gasteiger partial charge in [-0.25, -0.2) is 9.89 Å². The van der Waals surface area contributed by atoms with Gasteiger partial charge in [0.05, 0.1) is 0 Å². The van der Waals surface area contributed by atoms with Crippen LogP contribution in [0.1, 0.15) is 0 Å². The first-order chi connectivity index (χ1) is 7.73. The minimum atomic E-state index is -1.27. The second-order valence-electron chi connectivity index (χ2n) is 2.51. The van der Waals surface area contributed by atoms with Crippen molar-refractivity contribution >= 4 is 35.3 Å². The summed E-state index contributed by atoms with van der Waals surface area (Å²) in [5, 5.41) is 43.7. The minimum Gasteiger partial charge on any atom is -0.232 e. The molecule has 1 radical (unpaired) electrons. The molecule has 0 fully saturated rings. The molecule has 1 rings (SSSR count). The zero-order chi connectivity index (χ0) is 12.1. The Balaban J connectivity index is 0.00000256. The van der Waals surface area contributed by atoms with Gasteiger partial charge in [-0.05, 0) is 0 Å². The normalized spacial score (nSPS) is 17.2. The van der Waals surface area contributed by atoms with E-state index in [4.69, 9.17) is 26.3 Å². The Bertz CT molecular complexity index is 596. The zero-order valence-electron chi connectivity index (χ0n) is 8.71. The summed E-state index contributed by atoms with van der Waals surface area (Å²) in [5.74, 6) is 0. The van der Waals surface area contributed by atoms with E-state index in [-0.39, 0.29) is 46.5 Å². The molecular weight excluding hydrogens is 229 g/mol. The van der Waals surface area contributed by atoms with Gasteiger partial charge >= 0.3 is 0 Å². The first-order valence-corrected chi connectivity index (χ1v) is 3.84. The van der Waals surface area contributed by atoms with E-state index in [1.807, 2.05) is 0 Å². The van der Waals surface area contributed by atoms with Gasteiger partial charge in [0, 0.05) is 29.6 Å². The maximum Gasteiger partial charge on any atom is 0.224 e. The van der Waals surface area contributed by atoms with Crippen LogP contribution in [0.5, 0.6) is 0 Å². The van der Waals surface area contributed by atoms with Crippen molar-refractivity contribution in [2.45, 2.75) is 6.17 Å².